The van der Waals surface area contributed by atoms with Gasteiger partial charge in [-0.15, -0.1) is 0 Å². The van der Waals surface area contributed by atoms with Crippen LogP contribution < -0.4 is 14.8 Å². The number of carbonyl (C=O) groups excluding carboxylic acids is 2. The van der Waals surface area contributed by atoms with Crippen molar-refractivity contribution in [2.45, 2.75) is 33.3 Å². The molecule has 1 unspecified atom stereocenters. The Bertz CT molecular complexity index is 617. The maximum atomic E-state index is 12.0. The van der Waals surface area contributed by atoms with Gasteiger partial charge in [-0.3, -0.25) is 9.59 Å². The summed E-state index contributed by atoms with van der Waals surface area (Å²) in [6.45, 7) is 6.94. The molecule has 1 amide bonds. The Labute approximate surface area is 146 Å². The van der Waals surface area contributed by atoms with Gasteiger partial charge in [-0.2, -0.15) is 0 Å². The van der Waals surface area contributed by atoms with Crippen molar-refractivity contribution in [3.05, 3.63) is 22.7 Å². The fourth-order valence-electron chi connectivity index (χ4n) is 2.17. The molecule has 0 saturated carbocycles. The lowest BCUT2D eigenvalue weighted by Crippen LogP contribution is -2.37. The number of ether oxygens (including phenoxy) is 3. The first kappa shape index (κ1) is 18.4. The number of benzene rings is 1. The van der Waals surface area contributed by atoms with Crippen LogP contribution >= 0.6 is 11.6 Å². The van der Waals surface area contributed by atoms with Crippen LogP contribution in [0.25, 0.3) is 0 Å². The highest BCUT2D eigenvalue weighted by molar-refractivity contribution is 6.32. The van der Waals surface area contributed by atoms with Crippen molar-refractivity contribution in [3.63, 3.8) is 0 Å². The van der Waals surface area contributed by atoms with Crippen LogP contribution in [0.4, 0.5) is 0 Å². The molecule has 24 heavy (non-hydrogen) atoms. The van der Waals surface area contributed by atoms with Crippen molar-refractivity contribution in [2.75, 3.05) is 19.8 Å². The second kappa shape index (κ2) is 8.24. The van der Waals surface area contributed by atoms with Crippen LogP contribution in [-0.2, 0) is 20.7 Å². The summed E-state index contributed by atoms with van der Waals surface area (Å²) in [5.41, 5.74) is 0.643. The predicted molar refractivity (Wildman–Crippen MR) is 89.5 cm³/mol. The smallest absolute Gasteiger partial charge is 0.311 e. The summed E-state index contributed by atoms with van der Waals surface area (Å²) in [7, 11) is 0. The number of carbonyl (C=O) groups is 2. The first-order chi connectivity index (χ1) is 11.4. The lowest BCUT2D eigenvalue weighted by atomic mass is 10.1. The average molecular weight is 356 g/mol. The van der Waals surface area contributed by atoms with Gasteiger partial charge in [-0.1, -0.05) is 25.4 Å². The molecule has 1 aromatic rings. The molecule has 1 aliphatic heterocycles. The standard InChI is InChI=1S/C17H22ClNO5/c1-10(2)9-19-17(21)11(3)24-15(20)8-12-6-13(18)16-14(7-12)22-4-5-23-16/h6-7,10-11H,4-5,8-9H2,1-3H3,(H,19,21). The molecule has 6 nitrogen and oxygen atoms in total. The van der Waals surface area contributed by atoms with E-state index in [1.807, 2.05) is 13.8 Å². The zero-order valence-electron chi connectivity index (χ0n) is 14.1. The molecule has 0 saturated heterocycles. The second-order valence-corrected chi connectivity index (χ2v) is 6.46. The molecule has 0 spiro atoms. The van der Waals surface area contributed by atoms with Crippen LogP contribution in [0.2, 0.25) is 5.02 Å². The molecule has 1 heterocycles. The number of rotatable bonds is 6. The van der Waals surface area contributed by atoms with Crippen LogP contribution in [0.1, 0.15) is 26.3 Å². The summed E-state index contributed by atoms with van der Waals surface area (Å²) in [6, 6.07) is 3.34. The highest BCUT2D eigenvalue weighted by Gasteiger charge is 2.21. The van der Waals surface area contributed by atoms with Gasteiger partial charge in [0.2, 0.25) is 0 Å². The summed E-state index contributed by atoms with van der Waals surface area (Å²) in [4.78, 5) is 23.9. The summed E-state index contributed by atoms with van der Waals surface area (Å²) >= 11 is 6.14. The van der Waals surface area contributed by atoms with Crippen molar-refractivity contribution >= 4 is 23.5 Å². The van der Waals surface area contributed by atoms with Gasteiger partial charge in [-0.25, -0.2) is 0 Å². The van der Waals surface area contributed by atoms with E-state index in [4.69, 9.17) is 25.8 Å². The van der Waals surface area contributed by atoms with Crippen LogP contribution in [0, 0.1) is 5.92 Å². The number of fused-ring (bicyclic) bond motifs is 1. The minimum Gasteiger partial charge on any atom is -0.486 e. The number of hydrogen-bond donors (Lipinski definition) is 1. The van der Waals surface area contributed by atoms with Crippen molar-refractivity contribution in [2.24, 2.45) is 5.92 Å². The number of hydrogen-bond acceptors (Lipinski definition) is 5. The zero-order chi connectivity index (χ0) is 17.7. The molecule has 0 bridgehead atoms. The maximum absolute atomic E-state index is 12.0. The van der Waals surface area contributed by atoms with Crippen molar-refractivity contribution < 1.29 is 23.8 Å². The Morgan fingerprint density at radius 2 is 1.96 bits per heavy atom. The van der Waals surface area contributed by atoms with E-state index >= 15 is 0 Å². The Morgan fingerprint density at radius 3 is 2.67 bits per heavy atom. The highest BCUT2D eigenvalue weighted by atomic mass is 35.5. The number of nitrogens with one attached hydrogen (secondary N) is 1. The highest BCUT2D eigenvalue weighted by Crippen LogP contribution is 2.38. The zero-order valence-corrected chi connectivity index (χ0v) is 14.8. The third-order valence-corrected chi connectivity index (χ3v) is 3.65. The quantitative estimate of drug-likeness (QED) is 0.793. The minimum absolute atomic E-state index is 0.00182. The van der Waals surface area contributed by atoms with Gasteiger partial charge in [0, 0.05) is 6.54 Å². The van der Waals surface area contributed by atoms with Gasteiger partial charge in [0.05, 0.1) is 11.4 Å². The van der Waals surface area contributed by atoms with E-state index in [0.717, 1.165) is 0 Å². The van der Waals surface area contributed by atoms with Crippen LogP contribution in [0.3, 0.4) is 0 Å². The Balaban J connectivity index is 1.92. The average Bonchev–Trinajstić information content (AvgIpc) is 2.52. The predicted octanol–water partition coefficient (Wildman–Crippen LogP) is 2.36. The van der Waals surface area contributed by atoms with Crippen LogP contribution in [0.5, 0.6) is 11.5 Å². The van der Waals surface area contributed by atoms with E-state index in [1.54, 1.807) is 19.1 Å². The summed E-state index contributed by atoms with van der Waals surface area (Å²) in [5.74, 6) is 0.518. The molecule has 1 atom stereocenters. The number of amides is 1. The monoisotopic (exact) mass is 355 g/mol. The SMILES string of the molecule is CC(C)CNC(=O)C(C)OC(=O)Cc1cc(Cl)c2c(c1)OCCO2. The van der Waals surface area contributed by atoms with Gasteiger partial charge < -0.3 is 19.5 Å². The maximum Gasteiger partial charge on any atom is 0.311 e. The molecule has 7 heteroatoms. The van der Waals surface area contributed by atoms with E-state index in [-0.39, 0.29) is 12.3 Å². The van der Waals surface area contributed by atoms with E-state index in [0.29, 0.717) is 47.8 Å². The topological polar surface area (TPSA) is 73.9 Å². The molecular weight excluding hydrogens is 334 g/mol. The van der Waals surface area contributed by atoms with Crippen LogP contribution in [0.15, 0.2) is 12.1 Å². The van der Waals surface area contributed by atoms with Gasteiger partial charge in [0.25, 0.3) is 5.91 Å². The lowest BCUT2D eigenvalue weighted by molar-refractivity contribution is -0.154. The minimum atomic E-state index is -0.844. The molecule has 2 rings (SSSR count). The summed E-state index contributed by atoms with van der Waals surface area (Å²) < 4.78 is 16.1. The van der Waals surface area contributed by atoms with Crippen molar-refractivity contribution in [3.8, 4) is 11.5 Å². The molecule has 0 radical (unpaired) electrons. The van der Waals surface area contributed by atoms with Gasteiger partial charge >= 0.3 is 5.97 Å². The number of esters is 1. The molecule has 1 aliphatic rings. The Kier molecular flexibility index (Phi) is 6.31. The normalized spacial score (nSPS) is 14.2. The van der Waals surface area contributed by atoms with Crippen molar-refractivity contribution in [1.29, 1.82) is 0 Å². The molecule has 0 aliphatic carbocycles. The van der Waals surface area contributed by atoms with Gasteiger partial charge in [-0.05, 0) is 30.5 Å². The molecular formula is C17H22ClNO5. The third-order valence-electron chi connectivity index (χ3n) is 3.37. The molecule has 132 valence electrons. The first-order valence-electron chi connectivity index (χ1n) is 7.92. The second-order valence-electron chi connectivity index (χ2n) is 6.05. The van der Waals surface area contributed by atoms with E-state index < -0.39 is 12.1 Å². The largest absolute Gasteiger partial charge is 0.486 e. The lowest BCUT2D eigenvalue weighted by Gasteiger charge is -2.20. The van der Waals surface area contributed by atoms with Gasteiger partial charge in [0.1, 0.15) is 13.2 Å². The first-order valence-corrected chi connectivity index (χ1v) is 8.29. The fraction of sp³-hybridized carbons (Fsp3) is 0.529. The fourth-order valence-corrected chi connectivity index (χ4v) is 2.46. The molecule has 0 fully saturated rings. The third kappa shape index (κ3) is 5.03. The van der Waals surface area contributed by atoms with E-state index in [9.17, 15) is 9.59 Å². The van der Waals surface area contributed by atoms with Crippen LogP contribution in [-0.4, -0.2) is 37.7 Å². The Hall–Kier alpha value is -1.95. The van der Waals surface area contributed by atoms with E-state index in [2.05, 4.69) is 5.32 Å². The summed E-state index contributed by atoms with van der Waals surface area (Å²) in [6.07, 6.45) is -0.845. The van der Waals surface area contributed by atoms with Crippen molar-refractivity contribution in [1.82, 2.24) is 5.32 Å². The molecule has 1 aromatic carbocycles. The van der Waals surface area contributed by atoms with Gasteiger partial charge in [0.15, 0.2) is 17.6 Å². The molecule has 0 aromatic heterocycles. The summed E-state index contributed by atoms with van der Waals surface area (Å²) in [5, 5.41) is 3.11. The van der Waals surface area contributed by atoms with E-state index in [1.165, 1.54) is 0 Å². The molecule has 1 N–H and O–H groups in total. The number of halogens is 1. The Morgan fingerprint density at radius 1 is 1.25 bits per heavy atom.